The van der Waals surface area contributed by atoms with E-state index in [1.807, 2.05) is 0 Å². The van der Waals surface area contributed by atoms with E-state index in [1.54, 1.807) is 19.2 Å². The molecule has 3 rings (SSSR count). The third-order valence-electron chi connectivity index (χ3n) is 3.48. The van der Waals surface area contributed by atoms with E-state index in [2.05, 4.69) is 20.1 Å². The summed E-state index contributed by atoms with van der Waals surface area (Å²) in [6, 6.07) is 6.18. The summed E-state index contributed by atoms with van der Waals surface area (Å²) in [5, 5.41) is 6.52. The molecular weight excluding hydrogens is 381 g/mol. The molecule has 11 heteroatoms. The number of esters is 1. The molecule has 146 valence electrons. The predicted octanol–water partition coefficient (Wildman–Crippen LogP) is 2.73. The van der Waals surface area contributed by atoms with Crippen LogP contribution in [0.3, 0.4) is 0 Å². The summed E-state index contributed by atoms with van der Waals surface area (Å²) in [5.41, 5.74) is 1.04. The third-order valence-corrected chi connectivity index (χ3v) is 3.48. The lowest BCUT2D eigenvalue weighted by Crippen LogP contribution is -2.21. The van der Waals surface area contributed by atoms with Crippen molar-refractivity contribution in [3.63, 3.8) is 0 Å². The minimum atomic E-state index is -4.80. The Morgan fingerprint density at radius 1 is 1.21 bits per heavy atom. The standard InChI is InChI=1S/C17H13F3N4O4/c1-10-14(15-21-7-2-8-24(15)23-10)16(26)27-9-13(25)22-11-3-5-12(6-4-11)28-17(18,19)20/h2-8H,9H2,1H3,(H,22,25). The van der Waals surface area contributed by atoms with E-state index in [-0.39, 0.29) is 11.3 Å². The van der Waals surface area contributed by atoms with Crippen molar-refractivity contribution in [3.05, 3.63) is 54.0 Å². The average molecular weight is 394 g/mol. The molecular formula is C17H13F3N4O4. The van der Waals surface area contributed by atoms with E-state index >= 15 is 0 Å². The Kier molecular flexibility index (Phi) is 5.16. The molecule has 1 N–H and O–H groups in total. The first-order valence-corrected chi connectivity index (χ1v) is 7.86. The molecule has 0 spiro atoms. The number of ether oxygens (including phenoxy) is 2. The molecule has 28 heavy (non-hydrogen) atoms. The number of carbonyl (C=O) groups excluding carboxylic acids is 2. The number of hydrogen-bond acceptors (Lipinski definition) is 6. The first kappa shape index (κ1) is 19.1. The van der Waals surface area contributed by atoms with Gasteiger partial charge in [-0.1, -0.05) is 0 Å². The lowest BCUT2D eigenvalue weighted by Gasteiger charge is -2.10. The minimum absolute atomic E-state index is 0.141. The highest BCUT2D eigenvalue weighted by Crippen LogP contribution is 2.24. The minimum Gasteiger partial charge on any atom is -0.452 e. The molecule has 3 aromatic rings. The topological polar surface area (TPSA) is 94.8 Å². The lowest BCUT2D eigenvalue weighted by molar-refractivity contribution is -0.274. The Morgan fingerprint density at radius 3 is 2.61 bits per heavy atom. The number of nitrogens with zero attached hydrogens (tertiary/aromatic N) is 3. The smallest absolute Gasteiger partial charge is 0.452 e. The molecule has 2 aromatic heterocycles. The summed E-state index contributed by atoms with van der Waals surface area (Å²) in [6.07, 6.45) is -1.69. The van der Waals surface area contributed by atoms with Crippen LogP contribution in [0, 0.1) is 6.92 Å². The van der Waals surface area contributed by atoms with Gasteiger partial charge in [0.25, 0.3) is 5.91 Å². The average Bonchev–Trinajstić information content (AvgIpc) is 2.96. The molecule has 8 nitrogen and oxygen atoms in total. The number of anilines is 1. The molecule has 0 radical (unpaired) electrons. The number of benzene rings is 1. The van der Waals surface area contributed by atoms with Crippen molar-refractivity contribution in [3.8, 4) is 5.75 Å². The first-order chi connectivity index (χ1) is 13.2. The van der Waals surface area contributed by atoms with E-state index in [9.17, 15) is 22.8 Å². The van der Waals surface area contributed by atoms with Crippen LogP contribution in [0.2, 0.25) is 0 Å². The molecule has 0 unspecified atom stereocenters. The number of rotatable bonds is 5. The van der Waals surface area contributed by atoms with E-state index in [4.69, 9.17) is 4.74 Å². The number of fused-ring (bicyclic) bond motifs is 1. The maximum Gasteiger partial charge on any atom is 0.573 e. The van der Waals surface area contributed by atoms with Crippen LogP contribution in [0.5, 0.6) is 5.75 Å². The van der Waals surface area contributed by atoms with Crippen LogP contribution in [0.4, 0.5) is 18.9 Å². The van der Waals surface area contributed by atoms with Gasteiger partial charge in [-0.05, 0) is 37.3 Å². The zero-order chi connectivity index (χ0) is 20.3. The molecule has 0 atom stereocenters. The fourth-order valence-corrected chi connectivity index (χ4v) is 2.38. The van der Waals surface area contributed by atoms with Gasteiger partial charge in [-0.3, -0.25) is 4.79 Å². The van der Waals surface area contributed by atoms with Gasteiger partial charge in [-0.15, -0.1) is 13.2 Å². The Hall–Kier alpha value is -3.63. The van der Waals surface area contributed by atoms with Gasteiger partial charge in [-0.25, -0.2) is 14.3 Å². The van der Waals surface area contributed by atoms with Crippen molar-refractivity contribution >= 4 is 23.2 Å². The number of nitrogens with one attached hydrogen (secondary N) is 1. The summed E-state index contributed by atoms with van der Waals surface area (Å²) in [4.78, 5) is 28.2. The monoisotopic (exact) mass is 394 g/mol. The zero-order valence-electron chi connectivity index (χ0n) is 14.4. The molecule has 2 heterocycles. The number of aromatic nitrogens is 3. The summed E-state index contributed by atoms with van der Waals surface area (Å²) in [7, 11) is 0. The first-order valence-electron chi connectivity index (χ1n) is 7.86. The zero-order valence-corrected chi connectivity index (χ0v) is 14.4. The van der Waals surface area contributed by atoms with Crippen molar-refractivity contribution < 1.29 is 32.2 Å². The number of alkyl halides is 3. The van der Waals surface area contributed by atoms with Crippen molar-refractivity contribution in [1.29, 1.82) is 0 Å². The van der Waals surface area contributed by atoms with E-state index in [0.29, 0.717) is 11.3 Å². The van der Waals surface area contributed by atoms with E-state index in [0.717, 1.165) is 12.1 Å². The molecule has 1 amide bonds. The quantitative estimate of drug-likeness (QED) is 0.669. The van der Waals surface area contributed by atoms with E-state index in [1.165, 1.54) is 22.8 Å². The van der Waals surface area contributed by atoms with Crippen LogP contribution in [-0.4, -0.2) is 39.4 Å². The van der Waals surface area contributed by atoms with Crippen LogP contribution in [-0.2, 0) is 9.53 Å². The number of aryl methyl sites for hydroxylation is 1. The second kappa shape index (κ2) is 7.55. The van der Waals surface area contributed by atoms with Gasteiger partial charge in [0, 0.05) is 18.1 Å². The van der Waals surface area contributed by atoms with Gasteiger partial charge >= 0.3 is 12.3 Å². The van der Waals surface area contributed by atoms with Crippen molar-refractivity contribution in [2.24, 2.45) is 0 Å². The van der Waals surface area contributed by atoms with Gasteiger partial charge < -0.3 is 14.8 Å². The van der Waals surface area contributed by atoms with Crippen LogP contribution in [0.1, 0.15) is 16.1 Å². The highest BCUT2D eigenvalue weighted by atomic mass is 19.4. The second-order valence-corrected chi connectivity index (χ2v) is 5.54. The normalized spacial score (nSPS) is 11.3. The van der Waals surface area contributed by atoms with Crippen LogP contribution < -0.4 is 10.1 Å². The summed E-state index contributed by atoms with van der Waals surface area (Å²) >= 11 is 0. The van der Waals surface area contributed by atoms with Crippen molar-refractivity contribution in [2.45, 2.75) is 13.3 Å². The molecule has 0 bridgehead atoms. The Labute approximate surface area is 155 Å². The van der Waals surface area contributed by atoms with Crippen LogP contribution >= 0.6 is 0 Å². The molecule has 0 aliphatic rings. The molecule has 0 saturated heterocycles. The fraction of sp³-hybridized carbons (Fsp3) is 0.176. The molecule has 0 aliphatic heterocycles. The number of hydrogen-bond donors (Lipinski definition) is 1. The van der Waals surface area contributed by atoms with Crippen molar-refractivity contribution in [1.82, 2.24) is 14.6 Å². The highest BCUT2D eigenvalue weighted by Gasteiger charge is 2.31. The maximum absolute atomic E-state index is 12.3. The summed E-state index contributed by atoms with van der Waals surface area (Å²) in [5.74, 6) is -1.86. The third kappa shape index (κ3) is 4.55. The largest absolute Gasteiger partial charge is 0.573 e. The lowest BCUT2D eigenvalue weighted by atomic mass is 10.2. The number of halogens is 3. The maximum atomic E-state index is 12.3. The fourth-order valence-electron chi connectivity index (χ4n) is 2.38. The SMILES string of the molecule is Cc1nn2cccnc2c1C(=O)OCC(=O)Nc1ccc(OC(F)(F)F)cc1. The van der Waals surface area contributed by atoms with Gasteiger partial charge in [0.05, 0.1) is 5.69 Å². The summed E-state index contributed by atoms with van der Waals surface area (Å²) < 4.78 is 46.5. The van der Waals surface area contributed by atoms with Gasteiger partial charge in [-0.2, -0.15) is 5.10 Å². The number of amides is 1. The van der Waals surface area contributed by atoms with E-state index < -0.39 is 30.6 Å². The molecule has 0 fully saturated rings. The van der Waals surface area contributed by atoms with Crippen LogP contribution in [0.15, 0.2) is 42.7 Å². The van der Waals surface area contributed by atoms with Gasteiger partial charge in [0.15, 0.2) is 12.3 Å². The molecule has 0 aliphatic carbocycles. The molecule has 0 saturated carbocycles. The predicted molar refractivity (Wildman–Crippen MR) is 89.8 cm³/mol. The van der Waals surface area contributed by atoms with Crippen molar-refractivity contribution in [2.75, 3.05) is 11.9 Å². The highest BCUT2D eigenvalue weighted by molar-refractivity contribution is 5.99. The molecule has 1 aromatic carbocycles. The Bertz CT molecular complexity index is 1020. The van der Waals surface area contributed by atoms with Gasteiger partial charge in [0.2, 0.25) is 0 Å². The van der Waals surface area contributed by atoms with Crippen LogP contribution in [0.25, 0.3) is 5.65 Å². The number of carbonyl (C=O) groups is 2. The summed E-state index contributed by atoms with van der Waals surface area (Å²) in [6.45, 7) is 1.01. The Balaban J connectivity index is 1.58. The second-order valence-electron chi connectivity index (χ2n) is 5.54. The van der Waals surface area contributed by atoms with Gasteiger partial charge in [0.1, 0.15) is 11.3 Å². The Morgan fingerprint density at radius 2 is 1.93 bits per heavy atom.